The fourth-order valence-electron chi connectivity index (χ4n) is 7.55. The Labute approximate surface area is 343 Å². The maximum atomic E-state index is 9.04. The Morgan fingerprint density at radius 3 is 2.21 bits per heavy atom. The Kier molecular flexibility index (Phi) is 9.77. The summed E-state index contributed by atoms with van der Waals surface area (Å²) in [5.74, 6) is -1.00. The summed E-state index contributed by atoms with van der Waals surface area (Å²) < 4.78 is 73.7. The summed E-state index contributed by atoms with van der Waals surface area (Å²) in [4.78, 5) is 13.5. The van der Waals surface area contributed by atoms with Gasteiger partial charge in [-0.2, -0.15) is 0 Å². The van der Waals surface area contributed by atoms with Crippen LogP contribution >= 0.6 is 0 Å². The zero-order valence-corrected chi connectivity index (χ0v) is 34.9. The molecule has 8 rings (SSSR count). The van der Waals surface area contributed by atoms with Gasteiger partial charge in [-0.3, -0.25) is 0 Å². The van der Waals surface area contributed by atoms with E-state index >= 15 is 0 Å². The van der Waals surface area contributed by atoms with Gasteiger partial charge >= 0.3 is 0 Å². The predicted molar refractivity (Wildman–Crippen MR) is 220 cm³/mol. The van der Waals surface area contributed by atoms with Crippen LogP contribution in [0.5, 0.6) is 0 Å². The monoisotopic (exact) mass is 906 g/mol. The van der Waals surface area contributed by atoms with Crippen molar-refractivity contribution in [3.05, 3.63) is 108 Å². The second kappa shape index (κ2) is 17.4. The normalized spacial score (nSPS) is 18.7. The van der Waals surface area contributed by atoms with Crippen molar-refractivity contribution < 1.29 is 35.5 Å². The van der Waals surface area contributed by atoms with E-state index in [4.69, 9.17) is 15.4 Å². The SMILES string of the molecule is [2H]C([2H])([2H])c1ccc2c(n1)oc1c(-c3cc(C([2H])([2H])C4CCCC4)c(C([2H])(C)C)cn3)[c-]ccc12.[2H]C([2H])(c1cc(-c2[c-]cccc2)ncc1[Si](C)(C)C)C1CCCCC1.[Ir]. The molecule has 6 heteroatoms. The molecule has 0 bridgehead atoms. The molecule has 0 amide bonds. The van der Waals surface area contributed by atoms with Gasteiger partial charge in [0.15, 0.2) is 0 Å². The van der Waals surface area contributed by atoms with Crippen molar-refractivity contribution in [2.45, 2.75) is 117 Å². The molecule has 2 aliphatic carbocycles. The number of furan rings is 1. The summed E-state index contributed by atoms with van der Waals surface area (Å²) in [7, 11) is -1.69. The number of aryl methyl sites for hydroxylation is 1. The molecule has 0 aliphatic heterocycles. The molecule has 0 unspecified atom stereocenters. The zero-order chi connectivity index (χ0) is 43.3. The number of fused-ring (bicyclic) bond motifs is 3. The van der Waals surface area contributed by atoms with Crippen LogP contribution < -0.4 is 5.19 Å². The van der Waals surface area contributed by atoms with Crippen LogP contribution in [0.3, 0.4) is 0 Å². The first-order valence-corrected chi connectivity index (χ1v) is 22.4. The minimum Gasteiger partial charge on any atom is -0.486 e. The number of nitrogens with zero attached hydrogens (tertiary/aromatic N) is 3. The van der Waals surface area contributed by atoms with Gasteiger partial charge in [-0.05, 0) is 77.2 Å². The summed E-state index contributed by atoms with van der Waals surface area (Å²) in [6.07, 6.45) is 9.86. The van der Waals surface area contributed by atoms with Crippen LogP contribution in [0, 0.1) is 30.8 Å². The molecule has 0 saturated heterocycles. The number of hydrogen-bond acceptors (Lipinski definition) is 4. The quantitative estimate of drug-likeness (QED) is 0.113. The van der Waals surface area contributed by atoms with Crippen LogP contribution in [0.1, 0.15) is 111 Å². The first-order valence-electron chi connectivity index (χ1n) is 22.9. The Hall–Kier alpha value is -3.44. The fraction of sp³-hybridized carbons (Fsp3) is 0.426. The number of benzene rings is 2. The molecule has 53 heavy (non-hydrogen) atoms. The molecule has 6 aromatic rings. The first kappa shape index (κ1) is 29.9. The Morgan fingerprint density at radius 2 is 1.53 bits per heavy atom. The van der Waals surface area contributed by atoms with Gasteiger partial charge in [0, 0.05) is 54.5 Å². The first-order chi connectivity index (χ1) is 28.2. The third kappa shape index (κ3) is 9.27. The van der Waals surface area contributed by atoms with Crippen molar-refractivity contribution in [2.75, 3.05) is 0 Å². The predicted octanol–water partition coefficient (Wildman–Crippen LogP) is 12.2. The summed E-state index contributed by atoms with van der Waals surface area (Å²) in [5.41, 5.74) is 5.39. The number of hydrogen-bond donors (Lipinski definition) is 0. The van der Waals surface area contributed by atoms with Crippen molar-refractivity contribution in [1.82, 2.24) is 15.0 Å². The second-order valence-electron chi connectivity index (χ2n) is 15.6. The van der Waals surface area contributed by atoms with E-state index in [9.17, 15) is 0 Å². The molecule has 0 spiro atoms. The minimum atomic E-state index is -2.34. The van der Waals surface area contributed by atoms with Crippen LogP contribution in [0.4, 0.5) is 0 Å². The summed E-state index contributed by atoms with van der Waals surface area (Å²) in [5, 5.41) is 2.60. The summed E-state index contributed by atoms with van der Waals surface area (Å²) >= 11 is 0. The van der Waals surface area contributed by atoms with Gasteiger partial charge in [-0.1, -0.05) is 120 Å². The molecule has 0 N–H and O–H groups in total. The molecule has 2 fully saturated rings. The van der Waals surface area contributed by atoms with E-state index in [2.05, 4.69) is 46.7 Å². The van der Waals surface area contributed by atoms with Gasteiger partial charge < -0.3 is 14.4 Å². The average Bonchev–Trinajstić information content (AvgIpc) is 3.90. The number of rotatable bonds is 8. The number of aromatic nitrogens is 3. The molecule has 279 valence electrons. The topological polar surface area (TPSA) is 51.8 Å². The van der Waals surface area contributed by atoms with Gasteiger partial charge in [-0.15, -0.1) is 54.1 Å². The van der Waals surface area contributed by atoms with Gasteiger partial charge in [0.25, 0.3) is 0 Å². The number of pyridine rings is 3. The average molecular weight is 906 g/mol. The van der Waals surface area contributed by atoms with Gasteiger partial charge in [0.05, 0.1) is 13.7 Å². The third-order valence-electron chi connectivity index (χ3n) is 10.4. The molecule has 1 radical (unpaired) electrons. The molecule has 2 aromatic carbocycles. The minimum absolute atomic E-state index is 0. The Morgan fingerprint density at radius 1 is 0.830 bits per heavy atom. The maximum Gasteiger partial charge on any atom is 0.216 e. The van der Waals surface area contributed by atoms with Crippen LogP contribution in [-0.4, -0.2) is 23.0 Å². The van der Waals surface area contributed by atoms with Crippen LogP contribution in [0.2, 0.25) is 19.6 Å². The second-order valence-corrected chi connectivity index (χ2v) is 20.6. The van der Waals surface area contributed by atoms with E-state index in [1.165, 1.54) is 12.5 Å². The zero-order valence-electron chi connectivity index (χ0n) is 39.5. The van der Waals surface area contributed by atoms with Crippen LogP contribution in [0.15, 0.2) is 77.5 Å². The molecular formula is C47H55IrN3OSi-2. The van der Waals surface area contributed by atoms with Crippen molar-refractivity contribution in [3.63, 3.8) is 0 Å². The standard InChI is InChI=1S/C26H27N2O.C21H28NSi.Ir/c1-16(2)23-15-27-24(14-19(23)13-18-7-4-5-8-18)22-10-6-9-20-21-12-11-17(3)28-26(21)29-25(20)22;1-23(2,3)21-16-22-20(18-12-8-5-9-13-18)15-19(21)14-17-10-6-4-7-11-17;/h6,9,11-12,14-16,18H,4-5,7-8,13H2,1-3H3;5,8-9,12,15-17H,4,6-7,10-11,14H2,1-3H3;/q2*-1;/i3D3,13D2,16D;14D2;. The van der Waals surface area contributed by atoms with E-state index in [1.807, 2.05) is 42.6 Å². The largest absolute Gasteiger partial charge is 0.486 e. The van der Waals surface area contributed by atoms with Gasteiger partial charge in [-0.25, -0.2) is 4.98 Å². The van der Waals surface area contributed by atoms with Crippen molar-refractivity contribution >= 4 is 35.3 Å². The van der Waals surface area contributed by atoms with Crippen LogP contribution in [0.25, 0.3) is 44.6 Å². The van der Waals surface area contributed by atoms with E-state index in [-0.39, 0.29) is 43.3 Å². The molecule has 4 aromatic heterocycles. The van der Waals surface area contributed by atoms with E-state index in [1.54, 1.807) is 38.2 Å². The molecule has 2 saturated carbocycles. The van der Waals surface area contributed by atoms with E-state index < -0.39 is 33.6 Å². The van der Waals surface area contributed by atoms with Crippen LogP contribution in [-0.2, 0) is 32.9 Å². The Bertz CT molecular complexity index is 2470. The summed E-state index contributed by atoms with van der Waals surface area (Å²) in [6.45, 7) is 7.98. The molecule has 0 atom stereocenters. The Balaban J connectivity index is 0.000000212. The molecule has 2 aliphatic rings. The van der Waals surface area contributed by atoms with Crippen molar-refractivity contribution in [3.8, 4) is 22.5 Å². The third-order valence-corrected chi connectivity index (χ3v) is 12.4. The van der Waals surface area contributed by atoms with Crippen molar-refractivity contribution in [1.29, 1.82) is 0 Å². The smallest absolute Gasteiger partial charge is 0.216 e. The molecule has 4 nitrogen and oxygen atoms in total. The summed E-state index contributed by atoms with van der Waals surface area (Å²) in [6, 6.07) is 24.7. The van der Waals surface area contributed by atoms with Crippen molar-refractivity contribution in [2.24, 2.45) is 11.8 Å². The molecule has 4 heterocycles. The van der Waals surface area contributed by atoms with Gasteiger partial charge in [0.1, 0.15) is 0 Å². The van der Waals surface area contributed by atoms with E-state index in [0.29, 0.717) is 33.4 Å². The van der Waals surface area contributed by atoms with Gasteiger partial charge in [0.2, 0.25) is 5.71 Å². The fourth-order valence-corrected chi connectivity index (χ4v) is 8.96. The van der Waals surface area contributed by atoms with E-state index in [0.717, 1.165) is 78.8 Å². The molecular weight excluding hydrogens is 843 g/mol. The maximum absolute atomic E-state index is 9.04.